The van der Waals surface area contributed by atoms with Crippen molar-refractivity contribution in [3.63, 3.8) is 0 Å². The Morgan fingerprint density at radius 2 is 2.20 bits per heavy atom. The zero-order valence-electron chi connectivity index (χ0n) is 8.34. The fourth-order valence-corrected chi connectivity index (χ4v) is 1.54. The molecule has 0 saturated carbocycles. The first-order valence-corrected chi connectivity index (χ1v) is 5.38. The van der Waals surface area contributed by atoms with Crippen LogP contribution in [0.5, 0.6) is 0 Å². The summed E-state index contributed by atoms with van der Waals surface area (Å²) in [7, 11) is 0. The van der Waals surface area contributed by atoms with E-state index in [0.29, 0.717) is 22.2 Å². The molecule has 0 aliphatic heterocycles. The van der Waals surface area contributed by atoms with Gasteiger partial charge < -0.3 is 9.94 Å². The molecule has 1 atom stereocenters. The Bertz CT molecular complexity index is 320. The number of hydroxylamine groups is 1. The number of hydrogen-bond acceptors (Lipinski definition) is 3. The molecule has 1 aromatic carbocycles. The summed E-state index contributed by atoms with van der Waals surface area (Å²) < 4.78 is 0. The van der Waals surface area contributed by atoms with Crippen LogP contribution in [-0.4, -0.2) is 18.3 Å². The molecule has 0 aliphatic rings. The molecule has 0 spiro atoms. The lowest BCUT2D eigenvalue weighted by Gasteiger charge is -2.13. The second-order valence-electron chi connectivity index (χ2n) is 2.96. The lowest BCUT2D eigenvalue weighted by Crippen LogP contribution is -2.21. The third kappa shape index (κ3) is 3.97. The highest BCUT2D eigenvalue weighted by Crippen LogP contribution is 2.25. The molecular weight excluding hydrogens is 237 g/mol. The fourth-order valence-electron chi connectivity index (χ4n) is 1.12. The standard InChI is InChI=1S/C10H13Cl2NO2/c1-2-15-13-6-10(14)8-5-7(11)3-4-9(8)12/h3-5,10,13-14H,2,6H2,1H3. The summed E-state index contributed by atoms with van der Waals surface area (Å²) in [5.74, 6) is 0. The van der Waals surface area contributed by atoms with Crippen LogP contribution in [0.2, 0.25) is 10.0 Å². The first-order chi connectivity index (χ1) is 7.15. The highest BCUT2D eigenvalue weighted by atomic mass is 35.5. The molecule has 0 aromatic heterocycles. The summed E-state index contributed by atoms with van der Waals surface area (Å²) >= 11 is 11.7. The Kier molecular flexibility index (Phi) is 5.36. The topological polar surface area (TPSA) is 41.5 Å². The highest BCUT2D eigenvalue weighted by molar-refractivity contribution is 6.33. The number of aliphatic hydroxyl groups excluding tert-OH is 1. The third-order valence-electron chi connectivity index (χ3n) is 1.84. The van der Waals surface area contributed by atoms with Crippen molar-refractivity contribution < 1.29 is 9.94 Å². The quantitative estimate of drug-likeness (QED) is 0.623. The van der Waals surface area contributed by atoms with Crippen LogP contribution in [0.4, 0.5) is 0 Å². The summed E-state index contributed by atoms with van der Waals surface area (Å²) in [6, 6.07) is 4.97. The molecule has 84 valence electrons. The molecule has 1 aromatic rings. The van der Waals surface area contributed by atoms with Gasteiger partial charge in [0.2, 0.25) is 0 Å². The van der Waals surface area contributed by atoms with Crippen molar-refractivity contribution in [2.75, 3.05) is 13.2 Å². The Morgan fingerprint density at radius 1 is 1.47 bits per heavy atom. The van der Waals surface area contributed by atoms with Gasteiger partial charge in [-0.2, -0.15) is 5.48 Å². The van der Waals surface area contributed by atoms with Crippen molar-refractivity contribution in [3.05, 3.63) is 33.8 Å². The number of benzene rings is 1. The van der Waals surface area contributed by atoms with E-state index in [1.54, 1.807) is 18.2 Å². The molecule has 0 bridgehead atoms. The second kappa shape index (κ2) is 6.30. The smallest absolute Gasteiger partial charge is 0.0952 e. The van der Waals surface area contributed by atoms with E-state index in [9.17, 15) is 5.11 Å². The zero-order valence-corrected chi connectivity index (χ0v) is 9.85. The average Bonchev–Trinajstić information content (AvgIpc) is 2.22. The maximum absolute atomic E-state index is 9.77. The van der Waals surface area contributed by atoms with Crippen LogP contribution in [0.25, 0.3) is 0 Å². The molecule has 2 N–H and O–H groups in total. The average molecular weight is 250 g/mol. The van der Waals surface area contributed by atoms with Crippen molar-refractivity contribution in [3.8, 4) is 0 Å². The first-order valence-electron chi connectivity index (χ1n) is 4.62. The molecular formula is C10H13Cl2NO2. The van der Waals surface area contributed by atoms with Crippen molar-refractivity contribution in [1.29, 1.82) is 0 Å². The van der Waals surface area contributed by atoms with Gasteiger partial charge in [-0.05, 0) is 25.1 Å². The van der Waals surface area contributed by atoms with Gasteiger partial charge in [-0.3, -0.25) is 0 Å². The predicted molar refractivity (Wildman–Crippen MR) is 61.1 cm³/mol. The number of hydrogen-bond donors (Lipinski definition) is 2. The molecule has 0 amide bonds. The van der Waals surface area contributed by atoms with Crippen molar-refractivity contribution in [2.24, 2.45) is 0 Å². The van der Waals surface area contributed by atoms with Crippen molar-refractivity contribution >= 4 is 23.2 Å². The first kappa shape index (κ1) is 12.7. The van der Waals surface area contributed by atoms with E-state index in [-0.39, 0.29) is 6.54 Å². The van der Waals surface area contributed by atoms with E-state index in [0.717, 1.165) is 0 Å². The van der Waals surface area contributed by atoms with E-state index < -0.39 is 6.10 Å². The minimum absolute atomic E-state index is 0.272. The lowest BCUT2D eigenvalue weighted by molar-refractivity contribution is 0.0209. The lowest BCUT2D eigenvalue weighted by atomic mass is 10.1. The number of nitrogens with one attached hydrogen (secondary N) is 1. The van der Waals surface area contributed by atoms with Crippen LogP contribution in [-0.2, 0) is 4.84 Å². The van der Waals surface area contributed by atoms with Crippen molar-refractivity contribution in [1.82, 2.24) is 5.48 Å². The number of aliphatic hydroxyl groups is 1. The van der Waals surface area contributed by atoms with Crippen LogP contribution in [0.1, 0.15) is 18.6 Å². The Morgan fingerprint density at radius 3 is 2.87 bits per heavy atom. The Hall–Kier alpha value is -0.320. The van der Waals surface area contributed by atoms with Gasteiger partial charge in [-0.1, -0.05) is 23.2 Å². The molecule has 3 nitrogen and oxygen atoms in total. The maximum Gasteiger partial charge on any atom is 0.0952 e. The van der Waals surface area contributed by atoms with Crippen molar-refractivity contribution in [2.45, 2.75) is 13.0 Å². The Labute approximate surface area is 98.9 Å². The van der Waals surface area contributed by atoms with Gasteiger partial charge in [-0.25, -0.2) is 0 Å². The minimum atomic E-state index is -0.734. The van der Waals surface area contributed by atoms with Gasteiger partial charge in [0.25, 0.3) is 0 Å². The van der Waals surface area contributed by atoms with Crippen LogP contribution in [0, 0.1) is 0 Å². The number of rotatable bonds is 5. The molecule has 0 fully saturated rings. The SMILES string of the molecule is CCONCC(O)c1cc(Cl)ccc1Cl. The summed E-state index contributed by atoms with van der Waals surface area (Å²) in [5, 5.41) is 10.8. The molecule has 0 heterocycles. The Balaban J connectivity index is 2.64. The van der Waals surface area contributed by atoms with Crippen LogP contribution in [0.15, 0.2) is 18.2 Å². The van der Waals surface area contributed by atoms with Gasteiger partial charge in [0.1, 0.15) is 0 Å². The van der Waals surface area contributed by atoms with Crippen LogP contribution >= 0.6 is 23.2 Å². The van der Waals surface area contributed by atoms with E-state index in [1.165, 1.54) is 0 Å². The largest absolute Gasteiger partial charge is 0.387 e. The fraction of sp³-hybridized carbons (Fsp3) is 0.400. The highest BCUT2D eigenvalue weighted by Gasteiger charge is 2.11. The van der Waals surface area contributed by atoms with E-state index >= 15 is 0 Å². The summed E-state index contributed by atoms with van der Waals surface area (Å²) in [4.78, 5) is 4.91. The second-order valence-corrected chi connectivity index (χ2v) is 3.81. The van der Waals surface area contributed by atoms with Crippen LogP contribution < -0.4 is 5.48 Å². The minimum Gasteiger partial charge on any atom is -0.387 e. The summed E-state index contributed by atoms with van der Waals surface area (Å²) in [5.41, 5.74) is 3.22. The molecule has 5 heteroatoms. The normalized spacial score (nSPS) is 12.8. The van der Waals surface area contributed by atoms with Crippen LogP contribution in [0.3, 0.4) is 0 Å². The van der Waals surface area contributed by atoms with Gasteiger partial charge >= 0.3 is 0 Å². The van der Waals surface area contributed by atoms with E-state index in [2.05, 4.69) is 5.48 Å². The summed E-state index contributed by atoms with van der Waals surface area (Å²) in [6.07, 6.45) is -0.734. The molecule has 0 radical (unpaired) electrons. The van der Waals surface area contributed by atoms with Gasteiger partial charge in [0, 0.05) is 15.6 Å². The third-order valence-corrected chi connectivity index (χ3v) is 2.42. The maximum atomic E-state index is 9.77. The van der Waals surface area contributed by atoms with E-state index in [4.69, 9.17) is 28.0 Å². The molecule has 1 rings (SSSR count). The predicted octanol–water partition coefficient (Wildman–Crippen LogP) is 2.57. The molecule has 0 aliphatic carbocycles. The molecule has 15 heavy (non-hydrogen) atoms. The molecule has 1 unspecified atom stereocenters. The zero-order chi connectivity index (χ0) is 11.3. The van der Waals surface area contributed by atoms with E-state index in [1.807, 2.05) is 6.92 Å². The monoisotopic (exact) mass is 249 g/mol. The summed E-state index contributed by atoms with van der Waals surface area (Å²) in [6.45, 7) is 2.66. The van der Waals surface area contributed by atoms with Gasteiger partial charge in [-0.15, -0.1) is 0 Å². The number of halogens is 2. The van der Waals surface area contributed by atoms with Gasteiger partial charge in [0.15, 0.2) is 0 Å². The van der Waals surface area contributed by atoms with Gasteiger partial charge in [0.05, 0.1) is 19.3 Å². The molecule has 0 saturated heterocycles.